The lowest BCUT2D eigenvalue weighted by atomic mass is 10.1. The number of methoxy groups -OCH3 is 1. The molecule has 0 radical (unpaired) electrons. The van der Waals surface area contributed by atoms with Crippen molar-refractivity contribution < 1.29 is 19.1 Å². The minimum absolute atomic E-state index is 0.184. The molecule has 0 aliphatic rings. The summed E-state index contributed by atoms with van der Waals surface area (Å²) in [6.45, 7) is 0. The highest BCUT2D eigenvalue weighted by atomic mass is 35.5. The largest absolute Gasteiger partial charge is 0.496 e. The van der Waals surface area contributed by atoms with Crippen molar-refractivity contribution >= 4 is 29.4 Å². The zero-order chi connectivity index (χ0) is 19.9. The molecule has 0 saturated heterocycles. The molecule has 0 aromatic heterocycles. The molecular formula is C23H17ClO4. The molecule has 0 saturated carbocycles. The second-order valence-corrected chi connectivity index (χ2v) is 6.27. The average Bonchev–Trinajstić information content (AvgIpc) is 2.73. The van der Waals surface area contributed by atoms with Crippen LogP contribution in [0, 0.1) is 0 Å². The van der Waals surface area contributed by atoms with Crippen LogP contribution >= 0.6 is 11.6 Å². The molecule has 0 atom stereocenters. The van der Waals surface area contributed by atoms with Crippen molar-refractivity contribution in [2.75, 3.05) is 7.11 Å². The number of halogens is 1. The van der Waals surface area contributed by atoms with E-state index in [1.54, 1.807) is 78.9 Å². The molecule has 0 aliphatic carbocycles. The zero-order valence-electron chi connectivity index (χ0n) is 15.1. The lowest BCUT2D eigenvalue weighted by Gasteiger charge is -2.10. The van der Waals surface area contributed by atoms with Gasteiger partial charge in [-0.3, -0.25) is 4.79 Å². The number of rotatable bonds is 6. The van der Waals surface area contributed by atoms with Gasteiger partial charge in [-0.15, -0.1) is 0 Å². The molecule has 0 heterocycles. The lowest BCUT2D eigenvalue weighted by molar-refractivity contribution is 0.0729. The van der Waals surface area contributed by atoms with Crippen LogP contribution in [0.1, 0.15) is 26.3 Å². The van der Waals surface area contributed by atoms with Gasteiger partial charge in [-0.25, -0.2) is 4.79 Å². The predicted octanol–water partition coefficient (Wildman–Crippen LogP) is 5.46. The third-order valence-corrected chi connectivity index (χ3v) is 4.23. The Labute approximate surface area is 168 Å². The molecule has 3 aromatic rings. The Morgan fingerprint density at radius 1 is 0.821 bits per heavy atom. The zero-order valence-corrected chi connectivity index (χ0v) is 15.8. The first-order chi connectivity index (χ1) is 13.6. The highest BCUT2D eigenvalue weighted by Crippen LogP contribution is 2.24. The van der Waals surface area contributed by atoms with Gasteiger partial charge in [-0.2, -0.15) is 0 Å². The topological polar surface area (TPSA) is 52.6 Å². The minimum Gasteiger partial charge on any atom is -0.496 e. The first-order valence-electron chi connectivity index (χ1n) is 8.50. The number of carbonyl (C=O) groups excluding carboxylic acids is 2. The summed E-state index contributed by atoms with van der Waals surface area (Å²) < 4.78 is 10.7. The summed E-state index contributed by atoms with van der Waals surface area (Å²) in [4.78, 5) is 25.2. The Morgan fingerprint density at radius 3 is 2.11 bits per heavy atom. The molecule has 0 fully saturated rings. The molecular weight excluding hydrogens is 376 g/mol. The second kappa shape index (κ2) is 9.02. The SMILES string of the molecule is COc1ccccc1C(=O)Oc1ccccc1C(=O)/C=C/c1ccc(Cl)cc1. The molecule has 28 heavy (non-hydrogen) atoms. The Bertz CT molecular complexity index is 1020. The second-order valence-electron chi connectivity index (χ2n) is 5.84. The van der Waals surface area contributed by atoms with Gasteiger partial charge in [0, 0.05) is 5.02 Å². The lowest BCUT2D eigenvalue weighted by Crippen LogP contribution is -2.12. The third kappa shape index (κ3) is 4.67. The summed E-state index contributed by atoms with van der Waals surface area (Å²) in [6, 6.07) is 20.4. The van der Waals surface area contributed by atoms with Gasteiger partial charge in [0.05, 0.1) is 12.7 Å². The van der Waals surface area contributed by atoms with Gasteiger partial charge in [0.2, 0.25) is 0 Å². The fraction of sp³-hybridized carbons (Fsp3) is 0.0435. The van der Waals surface area contributed by atoms with Gasteiger partial charge >= 0.3 is 5.97 Å². The van der Waals surface area contributed by atoms with Crippen LogP contribution in [0.15, 0.2) is 78.9 Å². The van der Waals surface area contributed by atoms with Crippen molar-refractivity contribution in [2.24, 2.45) is 0 Å². The summed E-state index contributed by atoms with van der Waals surface area (Å²) in [5.41, 5.74) is 1.40. The first-order valence-corrected chi connectivity index (χ1v) is 8.88. The van der Waals surface area contributed by atoms with E-state index in [-0.39, 0.29) is 22.7 Å². The molecule has 0 aliphatic heterocycles. The maximum Gasteiger partial charge on any atom is 0.347 e. The van der Waals surface area contributed by atoms with E-state index >= 15 is 0 Å². The monoisotopic (exact) mass is 392 g/mol. The Kier molecular flexibility index (Phi) is 6.25. The normalized spacial score (nSPS) is 10.6. The van der Waals surface area contributed by atoms with E-state index in [4.69, 9.17) is 21.1 Å². The molecule has 0 amide bonds. The van der Waals surface area contributed by atoms with Crippen LogP contribution in [0.2, 0.25) is 5.02 Å². The van der Waals surface area contributed by atoms with Crippen molar-refractivity contribution in [1.82, 2.24) is 0 Å². The van der Waals surface area contributed by atoms with Gasteiger partial charge in [-0.05, 0) is 48.0 Å². The Morgan fingerprint density at radius 2 is 1.43 bits per heavy atom. The number of carbonyl (C=O) groups is 2. The number of para-hydroxylation sites is 2. The van der Waals surface area contributed by atoms with E-state index in [0.29, 0.717) is 10.8 Å². The number of ketones is 1. The van der Waals surface area contributed by atoms with E-state index in [2.05, 4.69) is 0 Å². The number of allylic oxidation sites excluding steroid dienone is 1. The highest BCUT2D eigenvalue weighted by Gasteiger charge is 2.17. The van der Waals surface area contributed by atoms with Crippen LogP contribution in [-0.4, -0.2) is 18.9 Å². The van der Waals surface area contributed by atoms with Crippen LogP contribution in [0.4, 0.5) is 0 Å². The van der Waals surface area contributed by atoms with Crippen molar-refractivity contribution in [3.8, 4) is 11.5 Å². The first kappa shape index (κ1) is 19.4. The van der Waals surface area contributed by atoms with Gasteiger partial charge in [0.15, 0.2) is 5.78 Å². The highest BCUT2D eigenvalue weighted by molar-refractivity contribution is 6.30. The third-order valence-electron chi connectivity index (χ3n) is 3.98. The molecule has 3 aromatic carbocycles. The van der Waals surface area contributed by atoms with E-state index in [1.165, 1.54) is 13.2 Å². The van der Waals surface area contributed by atoms with E-state index in [1.807, 2.05) is 0 Å². The molecule has 0 unspecified atom stereocenters. The minimum atomic E-state index is -0.598. The fourth-order valence-corrected chi connectivity index (χ4v) is 2.69. The molecule has 5 heteroatoms. The summed E-state index contributed by atoms with van der Waals surface area (Å²) in [5.74, 6) is -0.291. The van der Waals surface area contributed by atoms with Gasteiger partial charge in [0.1, 0.15) is 17.1 Å². The van der Waals surface area contributed by atoms with Crippen LogP contribution in [0.5, 0.6) is 11.5 Å². The summed E-state index contributed by atoms with van der Waals surface area (Å²) in [6.07, 6.45) is 3.11. The van der Waals surface area contributed by atoms with E-state index in [9.17, 15) is 9.59 Å². The summed E-state index contributed by atoms with van der Waals surface area (Å²) in [5, 5.41) is 0.622. The average molecular weight is 393 g/mol. The molecule has 0 spiro atoms. The van der Waals surface area contributed by atoms with Crippen molar-refractivity contribution in [2.45, 2.75) is 0 Å². The van der Waals surface area contributed by atoms with Crippen LogP contribution in [0.3, 0.4) is 0 Å². The molecule has 4 nitrogen and oxygen atoms in total. The Balaban J connectivity index is 1.81. The Hall–Kier alpha value is -3.37. The van der Waals surface area contributed by atoms with Crippen molar-refractivity contribution in [3.63, 3.8) is 0 Å². The molecule has 0 N–H and O–H groups in total. The van der Waals surface area contributed by atoms with Gasteiger partial charge < -0.3 is 9.47 Å². The van der Waals surface area contributed by atoms with Crippen molar-refractivity contribution in [1.29, 1.82) is 0 Å². The maximum atomic E-state index is 12.6. The van der Waals surface area contributed by atoms with Crippen LogP contribution in [0.25, 0.3) is 6.08 Å². The number of esters is 1. The fourth-order valence-electron chi connectivity index (χ4n) is 2.56. The maximum absolute atomic E-state index is 12.6. The molecule has 0 bridgehead atoms. The van der Waals surface area contributed by atoms with Gasteiger partial charge in [-0.1, -0.05) is 54.1 Å². The number of hydrogen-bond donors (Lipinski definition) is 0. The summed E-state index contributed by atoms with van der Waals surface area (Å²) >= 11 is 5.86. The van der Waals surface area contributed by atoms with Gasteiger partial charge in [0.25, 0.3) is 0 Å². The molecule has 3 rings (SSSR count). The smallest absolute Gasteiger partial charge is 0.347 e. The number of hydrogen-bond acceptors (Lipinski definition) is 4. The number of ether oxygens (including phenoxy) is 2. The standard InChI is InChI=1S/C23H17ClO4/c1-27-21-8-4-3-7-19(21)23(26)28-22-9-5-2-6-18(22)20(25)15-12-16-10-13-17(24)14-11-16/h2-15H,1H3/b15-12+. The van der Waals surface area contributed by atoms with Crippen LogP contribution < -0.4 is 9.47 Å². The molecule has 140 valence electrons. The van der Waals surface area contributed by atoms with Crippen molar-refractivity contribution in [3.05, 3.63) is 101 Å². The van der Waals surface area contributed by atoms with E-state index in [0.717, 1.165) is 5.56 Å². The quantitative estimate of drug-likeness (QED) is 0.242. The summed E-state index contributed by atoms with van der Waals surface area (Å²) in [7, 11) is 1.48. The number of benzene rings is 3. The van der Waals surface area contributed by atoms with E-state index < -0.39 is 5.97 Å². The van der Waals surface area contributed by atoms with Crippen LogP contribution in [-0.2, 0) is 0 Å². The predicted molar refractivity (Wildman–Crippen MR) is 109 cm³/mol.